The number of rotatable bonds is 3. The summed E-state index contributed by atoms with van der Waals surface area (Å²) in [6.45, 7) is 2.56. The van der Waals surface area contributed by atoms with Gasteiger partial charge in [0.1, 0.15) is 11.4 Å². The van der Waals surface area contributed by atoms with E-state index in [0.717, 1.165) is 12.8 Å². The number of hydrogen-bond acceptors (Lipinski definition) is 4. The fourth-order valence-corrected chi connectivity index (χ4v) is 3.40. The van der Waals surface area contributed by atoms with E-state index in [1.807, 2.05) is 9.47 Å². The molecule has 0 atom stereocenters. The van der Waals surface area contributed by atoms with Crippen LogP contribution in [0.25, 0.3) is 10.9 Å². The fraction of sp³-hybridized carbons (Fsp3) is 0.412. The monoisotopic (exact) mass is 331 g/mol. The topological polar surface area (TPSA) is 74.6 Å². The molecule has 1 aliphatic heterocycles. The number of carboxylic acid groups (broad SMARTS) is 1. The first-order valence-corrected chi connectivity index (χ1v) is 8.14. The second kappa shape index (κ2) is 5.59. The van der Waals surface area contributed by atoms with Crippen molar-refractivity contribution in [2.24, 2.45) is 0 Å². The quantitative estimate of drug-likeness (QED) is 0.893. The molecule has 1 aromatic heterocycles. The molecule has 0 spiro atoms. The molecule has 24 heavy (non-hydrogen) atoms. The number of carboxylic acids is 1. The molecular formula is C17H18FN3O3. The van der Waals surface area contributed by atoms with Crippen LogP contribution >= 0.6 is 0 Å². The van der Waals surface area contributed by atoms with Gasteiger partial charge < -0.3 is 19.9 Å². The van der Waals surface area contributed by atoms with E-state index in [4.69, 9.17) is 0 Å². The van der Waals surface area contributed by atoms with E-state index in [0.29, 0.717) is 31.7 Å². The molecule has 2 aromatic rings. The molecule has 2 N–H and O–H groups in total. The standard InChI is InChI=1S/C17H18FN3O3/c18-12-3-4-13-14(15(12)20-7-5-19-6-8-20)16(22)11(17(23)24)9-21(13)10-1-2-10/h3-4,9-10,19H,1-2,5-8H2,(H,23,24). The molecule has 0 radical (unpaired) electrons. The van der Waals surface area contributed by atoms with E-state index in [1.165, 1.54) is 12.3 Å². The number of fused-ring (bicyclic) bond motifs is 1. The van der Waals surface area contributed by atoms with Gasteiger partial charge in [0.05, 0.1) is 16.6 Å². The van der Waals surface area contributed by atoms with Crippen molar-refractivity contribution in [3.63, 3.8) is 0 Å². The van der Waals surface area contributed by atoms with E-state index in [2.05, 4.69) is 5.32 Å². The summed E-state index contributed by atoms with van der Waals surface area (Å²) in [5, 5.41) is 12.8. The van der Waals surface area contributed by atoms with Gasteiger partial charge in [0.15, 0.2) is 0 Å². The molecular weight excluding hydrogens is 313 g/mol. The van der Waals surface area contributed by atoms with Crippen molar-refractivity contribution in [3.05, 3.63) is 39.9 Å². The molecule has 2 heterocycles. The van der Waals surface area contributed by atoms with E-state index in [-0.39, 0.29) is 22.7 Å². The average molecular weight is 331 g/mol. The number of nitrogens with one attached hydrogen (secondary N) is 1. The molecule has 126 valence electrons. The Labute approximate surface area is 137 Å². The molecule has 1 saturated carbocycles. The Morgan fingerprint density at radius 3 is 2.58 bits per heavy atom. The Morgan fingerprint density at radius 1 is 1.25 bits per heavy atom. The number of benzene rings is 1. The third kappa shape index (κ3) is 2.36. The number of pyridine rings is 1. The van der Waals surface area contributed by atoms with Gasteiger partial charge in [-0.25, -0.2) is 9.18 Å². The van der Waals surface area contributed by atoms with Crippen molar-refractivity contribution < 1.29 is 14.3 Å². The summed E-state index contributed by atoms with van der Waals surface area (Å²) in [6, 6.07) is 3.15. The molecule has 1 aliphatic carbocycles. The number of hydrogen-bond donors (Lipinski definition) is 2. The zero-order valence-electron chi connectivity index (χ0n) is 13.1. The molecule has 7 heteroatoms. The number of halogens is 1. The Kier molecular flexibility index (Phi) is 3.53. The number of carbonyl (C=O) groups is 1. The number of anilines is 1. The van der Waals surface area contributed by atoms with Crippen molar-refractivity contribution in [1.29, 1.82) is 0 Å². The summed E-state index contributed by atoms with van der Waals surface area (Å²) in [6.07, 6.45) is 3.29. The highest BCUT2D eigenvalue weighted by molar-refractivity contribution is 5.98. The van der Waals surface area contributed by atoms with Crippen LogP contribution in [0.4, 0.5) is 10.1 Å². The molecule has 0 amide bonds. The lowest BCUT2D eigenvalue weighted by atomic mass is 10.1. The predicted molar refractivity (Wildman–Crippen MR) is 88.5 cm³/mol. The third-order valence-electron chi connectivity index (χ3n) is 4.73. The lowest BCUT2D eigenvalue weighted by Crippen LogP contribution is -2.44. The Bertz CT molecular complexity index is 883. The summed E-state index contributed by atoms with van der Waals surface area (Å²) >= 11 is 0. The van der Waals surface area contributed by atoms with Crippen molar-refractivity contribution >= 4 is 22.6 Å². The molecule has 0 unspecified atom stereocenters. The second-order valence-electron chi connectivity index (χ2n) is 6.34. The minimum atomic E-state index is -1.27. The lowest BCUT2D eigenvalue weighted by Gasteiger charge is -2.31. The normalized spacial score (nSPS) is 18.1. The third-order valence-corrected chi connectivity index (χ3v) is 4.73. The zero-order valence-corrected chi connectivity index (χ0v) is 13.1. The van der Waals surface area contributed by atoms with E-state index in [9.17, 15) is 19.1 Å². The van der Waals surface area contributed by atoms with Gasteiger partial charge in [-0.05, 0) is 25.0 Å². The highest BCUT2D eigenvalue weighted by Gasteiger charge is 2.29. The summed E-state index contributed by atoms with van der Waals surface area (Å²) in [5.41, 5.74) is -0.0576. The maximum atomic E-state index is 14.6. The number of piperazine rings is 1. The van der Waals surface area contributed by atoms with Crippen LogP contribution < -0.4 is 15.6 Å². The Hall–Kier alpha value is -2.41. The van der Waals surface area contributed by atoms with Crippen LogP contribution in [-0.4, -0.2) is 41.8 Å². The van der Waals surface area contributed by atoms with Gasteiger partial charge >= 0.3 is 5.97 Å². The first-order chi connectivity index (χ1) is 11.6. The molecule has 2 fully saturated rings. The van der Waals surface area contributed by atoms with Crippen LogP contribution in [0.5, 0.6) is 0 Å². The highest BCUT2D eigenvalue weighted by atomic mass is 19.1. The van der Waals surface area contributed by atoms with Gasteiger partial charge in [0.2, 0.25) is 5.43 Å². The summed E-state index contributed by atoms with van der Waals surface area (Å²) < 4.78 is 16.4. The van der Waals surface area contributed by atoms with Crippen molar-refractivity contribution in [2.75, 3.05) is 31.1 Å². The van der Waals surface area contributed by atoms with E-state index >= 15 is 0 Å². The van der Waals surface area contributed by atoms with Crippen molar-refractivity contribution in [2.45, 2.75) is 18.9 Å². The SMILES string of the molecule is O=C(O)c1cn(C2CC2)c2ccc(F)c(N3CCNCC3)c2c1=O. The zero-order chi connectivity index (χ0) is 16.8. The van der Waals surface area contributed by atoms with Crippen molar-refractivity contribution in [3.8, 4) is 0 Å². The Morgan fingerprint density at radius 2 is 1.96 bits per heavy atom. The molecule has 4 rings (SSSR count). The number of nitrogens with zero attached hydrogens (tertiary/aromatic N) is 2. The largest absolute Gasteiger partial charge is 0.477 e. The molecule has 1 aromatic carbocycles. The maximum Gasteiger partial charge on any atom is 0.341 e. The second-order valence-corrected chi connectivity index (χ2v) is 6.34. The van der Waals surface area contributed by atoms with Crippen LogP contribution in [0.3, 0.4) is 0 Å². The van der Waals surface area contributed by atoms with E-state index in [1.54, 1.807) is 6.07 Å². The fourth-order valence-electron chi connectivity index (χ4n) is 3.40. The first kappa shape index (κ1) is 15.1. The summed E-state index contributed by atoms with van der Waals surface area (Å²) in [4.78, 5) is 26.1. The van der Waals surface area contributed by atoms with Crippen LogP contribution in [0.2, 0.25) is 0 Å². The Balaban J connectivity index is 2.05. The van der Waals surface area contributed by atoms with Crippen LogP contribution in [0, 0.1) is 5.82 Å². The van der Waals surface area contributed by atoms with Crippen LogP contribution in [-0.2, 0) is 0 Å². The summed E-state index contributed by atoms with van der Waals surface area (Å²) in [7, 11) is 0. The van der Waals surface area contributed by atoms with Gasteiger partial charge in [-0.15, -0.1) is 0 Å². The number of aromatic nitrogens is 1. The lowest BCUT2D eigenvalue weighted by molar-refractivity contribution is 0.0695. The molecule has 1 saturated heterocycles. The molecule has 2 aliphatic rings. The van der Waals surface area contributed by atoms with Crippen LogP contribution in [0.15, 0.2) is 23.1 Å². The maximum absolute atomic E-state index is 14.6. The summed E-state index contributed by atoms with van der Waals surface area (Å²) in [5.74, 6) is -1.75. The minimum absolute atomic E-state index is 0.184. The van der Waals surface area contributed by atoms with Crippen LogP contribution in [0.1, 0.15) is 29.2 Å². The van der Waals surface area contributed by atoms with Gasteiger partial charge in [-0.3, -0.25) is 4.79 Å². The predicted octanol–water partition coefficient (Wildman–Crippen LogP) is 1.58. The van der Waals surface area contributed by atoms with Gasteiger partial charge in [0, 0.05) is 38.4 Å². The van der Waals surface area contributed by atoms with Gasteiger partial charge in [-0.1, -0.05) is 0 Å². The molecule has 0 bridgehead atoms. The van der Waals surface area contributed by atoms with Gasteiger partial charge in [-0.2, -0.15) is 0 Å². The number of aromatic carboxylic acids is 1. The smallest absolute Gasteiger partial charge is 0.341 e. The van der Waals surface area contributed by atoms with Crippen molar-refractivity contribution in [1.82, 2.24) is 9.88 Å². The average Bonchev–Trinajstić information content (AvgIpc) is 3.40. The first-order valence-electron chi connectivity index (χ1n) is 8.14. The molecule has 6 nitrogen and oxygen atoms in total. The van der Waals surface area contributed by atoms with Gasteiger partial charge in [0.25, 0.3) is 0 Å². The van der Waals surface area contributed by atoms with E-state index < -0.39 is 17.2 Å². The highest BCUT2D eigenvalue weighted by Crippen LogP contribution is 2.38. The minimum Gasteiger partial charge on any atom is -0.477 e.